The quantitative estimate of drug-likeness (QED) is 0.597. The molecule has 0 aliphatic rings. The zero-order chi connectivity index (χ0) is 21.6. The van der Waals surface area contributed by atoms with Crippen LogP contribution in [0.2, 0.25) is 5.02 Å². The Morgan fingerprint density at radius 1 is 1.10 bits per heavy atom. The molecule has 0 saturated carbocycles. The number of carbonyl (C=O) groups is 3. The molecule has 2 aromatic rings. The number of carbonyl (C=O) groups excluding carboxylic acids is 3. The zero-order valence-corrected chi connectivity index (χ0v) is 17.2. The van der Waals surface area contributed by atoms with Crippen LogP contribution in [-0.2, 0) is 14.3 Å². The number of ether oxygens (including phenoxy) is 1. The summed E-state index contributed by atoms with van der Waals surface area (Å²) in [6.45, 7) is 5.32. The standard InChI is InChI=1S/C21H24ClN3O4/c1-12-4-9-17(13(2)10-12)24-20(27)14(3)29-19(26)11-18(25-21(23)28)15-5-7-16(22)8-6-15/h4-10,14,18H,11H2,1-3H3,(H,24,27)(H3,23,25,28)/t14-,18-/m1/s1. The monoisotopic (exact) mass is 417 g/mol. The van der Waals surface area contributed by atoms with Gasteiger partial charge in [-0.1, -0.05) is 41.4 Å². The lowest BCUT2D eigenvalue weighted by atomic mass is 10.0. The Labute approximate surface area is 174 Å². The Hall–Kier alpha value is -3.06. The largest absolute Gasteiger partial charge is 0.452 e. The topological polar surface area (TPSA) is 111 Å². The highest BCUT2D eigenvalue weighted by Crippen LogP contribution is 2.21. The maximum absolute atomic E-state index is 12.4. The molecule has 0 aliphatic carbocycles. The number of amides is 3. The summed E-state index contributed by atoms with van der Waals surface area (Å²) in [5.41, 5.74) is 8.48. The lowest BCUT2D eigenvalue weighted by molar-refractivity contribution is -0.153. The third kappa shape index (κ3) is 6.80. The van der Waals surface area contributed by atoms with Gasteiger partial charge in [0.15, 0.2) is 6.10 Å². The van der Waals surface area contributed by atoms with E-state index in [1.807, 2.05) is 26.0 Å². The van der Waals surface area contributed by atoms with Gasteiger partial charge >= 0.3 is 12.0 Å². The maximum atomic E-state index is 12.4. The van der Waals surface area contributed by atoms with E-state index < -0.39 is 30.1 Å². The minimum absolute atomic E-state index is 0.189. The van der Waals surface area contributed by atoms with Gasteiger partial charge in [0.2, 0.25) is 0 Å². The highest BCUT2D eigenvalue weighted by atomic mass is 35.5. The highest BCUT2D eigenvalue weighted by molar-refractivity contribution is 6.30. The van der Waals surface area contributed by atoms with Gasteiger partial charge in [-0.05, 0) is 50.1 Å². The number of esters is 1. The molecule has 8 heteroatoms. The van der Waals surface area contributed by atoms with E-state index in [4.69, 9.17) is 22.1 Å². The van der Waals surface area contributed by atoms with E-state index >= 15 is 0 Å². The lowest BCUT2D eigenvalue weighted by Crippen LogP contribution is -2.36. The van der Waals surface area contributed by atoms with E-state index in [-0.39, 0.29) is 6.42 Å². The third-order valence-electron chi connectivity index (χ3n) is 4.28. The third-order valence-corrected chi connectivity index (χ3v) is 4.53. The highest BCUT2D eigenvalue weighted by Gasteiger charge is 2.23. The fourth-order valence-electron chi connectivity index (χ4n) is 2.77. The Balaban J connectivity index is 1.99. The Bertz CT molecular complexity index is 899. The number of hydrogen-bond donors (Lipinski definition) is 3. The number of primary amides is 1. The molecule has 7 nitrogen and oxygen atoms in total. The number of halogens is 1. The molecule has 0 bridgehead atoms. The Morgan fingerprint density at radius 2 is 1.76 bits per heavy atom. The number of hydrogen-bond acceptors (Lipinski definition) is 4. The summed E-state index contributed by atoms with van der Waals surface area (Å²) in [7, 11) is 0. The molecule has 0 heterocycles. The van der Waals surface area contributed by atoms with Gasteiger partial charge in [-0.15, -0.1) is 0 Å². The van der Waals surface area contributed by atoms with Gasteiger partial charge in [-0.25, -0.2) is 4.79 Å². The average Bonchev–Trinajstić information content (AvgIpc) is 2.63. The van der Waals surface area contributed by atoms with Crippen molar-refractivity contribution in [2.45, 2.75) is 39.3 Å². The number of aryl methyl sites for hydroxylation is 2. The Morgan fingerprint density at radius 3 is 2.34 bits per heavy atom. The van der Waals surface area contributed by atoms with Crippen LogP contribution < -0.4 is 16.4 Å². The van der Waals surface area contributed by atoms with Crippen LogP contribution in [0.5, 0.6) is 0 Å². The lowest BCUT2D eigenvalue weighted by Gasteiger charge is -2.19. The van der Waals surface area contributed by atoms with Crippen LogP contribution in [-0.4, -0.2) is 24.0 Å². The normalized spacial score (nSPS) is 12.6. The molecule has 0 fully saturated rings. The summed E-state index contributed by atoms with van der Waals surface area (Å²) in [5, 5.41) is 5.76. The smallest absolute Gasteiger partial charge is 0.312 e. The van der Waals surface area contributed by atoms with Gasteiger partial charge < -0.3 is 21.1 Å². The molecule has 0 unspecified atom stereocenters. The van der Waals surface area contributed by atoms with E-state index in [2.05, 4.69) is 10.6 Å². The van der Waals surface area contributed by atoms with E-state index in [9.17, 15) is 14.4 Å². The number of anilines is 1. The first-order valence-corrected chi connectivity index (χ1v) is 9.42. The Kier molecular flexibility index (Phi) is 7.61. The molecule has 0 saturated heterocycles. The van der Waals surface area contributed by atoms with Crippen molar-refractivity contribution in [1.29, 1.82) is 0 Å². The van der Waals surface area contributed by atoms with Crippen LogP contribution in [0, 0.1) is 13.8 Å². The summed E-state index contributed by atoms with van der Waals surface area (Å²) >= 11 is 5.87. The van der Waals surface area contributed by atoms with Gasteiger partial charge in [-0.3, -0.25) is 9.59 Å². The molecule has 0 aliphatic heterocycles. The van der Waals surface area contributed by atoms with Crippen molar-refractivity contribution in [3.63, 3.8) is 0 Å². The van der Waals surface area contributed by atoms with Crippen LogP contribution in [0.25, 0.3) is 0 Å². The van der Waals surface area contributed by atoms with Gasteiger partial charge in [0.05, 0.1) is 12.5 Å². The first kappa shape index (κ1) is 22.2. The van der Waals surface area contributed by atoms with E-state index in [1.54, 1.807) is 30.3 Å². The number of urea groups is 1. The van der Waals surface area contributed by atoms with Gasteiger partial charge in [0.25, 0.3) is 5.91 Å². The average molecular weight is 418 g/mol. The van der Waals surface area contributed by atoms with Crippen LogP contribution in [0.3, 0.4) is 0 Å². The van der Waals surface area contributed by atoms with Gasteiger partial charge in [-0.2, -0.15) is 0 Å². The molecule has 2 rings (SSSR count). The van der Waals surface area contributed by atoms with Crippen molar-refractivity contribution in [2.24, 2.45) is 5.73 Å². The second-order valence-corrected chi connectivity index (χ2v) is 7.19. The maximum Gasteiger partial charge on any atom is 0.312 e. The first-order chi connectivity index (χ1) is 13.7. The molecule has 2 atom stereocenters. The molecular weight excluding hydrogens is 394 g/mol. The summed E-state index contributed by atoms with van der Waals surface area (Å²) in [5.74, 6) is -1.10. The van der Waals surface area contributed by atoms with Gasteiger partial charge in [0.1, 0.15) is 0 Å². The van der Waals surface area contributed by atoms with Crippen LogP contribution in [0.1, 0.15) is 36.1 Å². The number of benzene rings is 2. The van der Waals surface area contributed by atoms with Gasteiger partial charge in [0, 0.05) is 10.7 Å². The van der Waals surface area contributed by atoms with E-state index in [1.165, 1.54) is 6.92 Å². The first-order valence-electron chi connectivity index (χ1n) is 9.04. The van der Waals surface area contributed by atoms with Crippen molar-refractivity contribution >= 4 is 35.2 Å². The minimum atomic E-state index is -1.01. The number of nitrogens with two attached hydrogens (primary N) is 1. The molecule has 0 radical (unpaired) electrons. The van der Waals surface area contributed by atoms with Crippen molar-refractivity contribution in [3.8, 4) is 0 Å². The van der Waals surface area contributed by atoms with E-state index in [0.717, 1.165) is 11.1 Å². The molecular formula is C21H24ClN3O4. The van der Waals surface area contributed by atoms with E-state index in [0.29, 0.717) is 16.3 Å². The fraction of sp³-hybridized carbons (Fsp3) is 0.286. The van der Waals surface area contributed by atoms with Crippen molar-refractivity contribution < 1.29 is 19.1 Å². The summed E-state index contributed by atoms with van der Waals surface area (Å²) in [4.78, 5) is 36.0. The summed E-state index contributed by atoms with van der Waals surface area (Å²) in [6.07, 6.45) is -1.20. The SMILES string of the molecule is Cc1ccc(NC(=O)[C@@H](C)OC(=O)C[C@@H](NC(N)=O)c2ccc(Cl)cc2)c(C)c1. The van der Waals surface area contributed by atoms with Crippen LogP contribution in [0.15, 0.2) is 42.5 Å². The molecule has 154 valence electrons. The zero-order valence-electron chi connectivity index (χ0n) is 16.5. The van der Waals surface area contributed by atoms with Crippen molar-refractivity contribution in [3.05, 3.63) is 64.2 Å². The summed E-state index contributed by atoms with van der Waals surface area (Å²) < 4.78 is 5.24. The molecule has 0 spiro atoms. The molecule has 2 aromatic carbocycles. The molecule has 0 aromatic heterocycles. The summed E-state index contributed by atoms with van der Waals surface area (Å²) in [6, 6.07) is 10.8. The second kappa shape index (κ2) is 9.93. The number of nitrogens with one attached hydrogen (secondary N) is 2. The fourth-order valence-corrected chi connectivity index (χ4v) is 2.90. The van der Waals surface area contributed by atoms with Crippen LogP contribution >= 0.6 is 11.6 Å². The van der Waals surface area contributed by atoms with Crippen molar-refractivity contribution in [2.75, 3.05) is 5.32 Å². The minimum Gasteiger partial charge on any atom is -0.452 e. The molecule has 4 N–H and O–H groups in total. The molecule has 29 heavy (non-hydrogen) atoms. The van der Waals surface area contributed by atoms with Crippen molar-refractivity contribution in [1.82, 2.24) is 5.32 Å². The predicted octanol–water partition coefficient (Wildman–Crippen LogP) is 3.63. The predicted molar refractivity (Wildman–Crippen MR) is 112 cm³/mol. The molecule has 3 amide bonds. The number of rotatable bonds is 7. The van der Waals surface area contributed by atoms with Crippen LogP contribution in [0.4, 0.5) is 10.5 Å². The second-order valence-electron chi connectivity index (χ2n) is 6.76.